The number of rotatable bonds is 2. The van der Waals surface area contributed by atoms with Gasteiger partial charge in [-0.1, -0.05) is 31.9 Å². The topological polar surface area (TPSA) is 30.5 Å². The Hall–Kier alpha value is -0.930. The average Bonchev–Trinajstić information content (AvgIpc) is 2.85. The maximum atomic E-state index is 6.51. The molecule has 0 bridgehead atoms. The average molecular weight is 282 g/mol. The minimum Gasteiger partial charge on any atom is -0.454 e. The standard InChI is InChI=1S/C15H20ClNO2/c1-9(2)13-14(11-5-3-4-6-17-11)10(16)7-12-15(13)19-8-18-12/h7,9,11,17H,3-6,8H2,1-2H3. The lowest BCUT2D eigenvalue weighted by Gasteiger charge is -2.28. The summed E-state index contributed by atoms with van der Waals surface area (Å²) in [6, 6.07) is 2.25. The van der Waals surface area contributed by atoms with Gasteiger partial charge in [0.25, 0.3) is 0 Å². The minimum atomic E-state index is 0.299. The summed E-state index contributed by atoms with van der Waals surface area (Å²) >= 11 is 6.51. The van der Waals surface area contributed by atoms with Crippen LogP contribution >= 0.6 is 11.6 Å². The van der Waals surface area contributed by atoms with Crippen molar-refractivity contribution in [2.75, 3.05) is 13.3 Å². The molecular formula is C15H20ClNO2. The van der Waals surface area contributed by atoms with Crippen LogP contribution < -0.4 is 14.8 Å². The Kier molecular flexibility index (Phi) is 3.59. The molecule has 0 radical (unpaired) electrons. The summed E-state index contributed by atoms with van der Waals surface area (Å²) in [5.74, 6) is 2.04. The Balaban J connectivity index is 2.11. The van der Waals surface area contributed by atoms with Crippen molar-refractivity contribution >= 4 is 11.6 Å². The third-order valence-corrected chi connectivity index (χ3v) is 4.24. The number of benzene rings is 1. The van der Waals surface area contributed by atoms with Gasteiger partial charge >= 0.3 is 0 Å². The molecule has 1 N–H and O–H groups in total. The molecule has 0 aromatic heterocycles. The fraction of sp³-hybridized carbons (Fsp3) is 0.600. The molecule has 1 aromatic carbocycles. The Morgan fingerprint density at radius 2 is 2.16 bits per heavy atom. The van der Waals surface area contributed by atoms with E-state index < -0.39 is 0 Å². The van der Waals surface area contributed by atoms with Crippen molar-refractivity contribution in [2.45, 2.75) is 45.1 Å². The van der Waals surface area contributed by atoms with E-state index in [4.69, 9.17) is 21.1 Å². The third kappa shape index (κ3) is 2.30. The number of piperidine rings is 1. The van der Waals surface area contributed by atoms with E-state index in [9.17, 15) is 0 Å². The van der Waals surface area contributed by atoms with E-state index >= 15 is 0 Å². The molecule has 1 unspecified atom stereocenters. The molecule has 4 heteroatoms. The maximum absolute atomic E-state index is 6.51. The number of ether oxygens (including phenoxy) is 2. The van der Waals surface area contributed by atoms with E-state index in [0.717, 1.165) is 29.5 Å². The summed E-state index contributed by atoms with van der Waals surface area (Å²) in [5.41, 5.74) is 2.42. The van der Waals surface area contributed by atoms with Crippen LogP contribution in [0.15, 0.2) is 6.07 Å². The van der Waals surface area contributed by atoms with E-state index in [1.54, 1.807) is 0 Å². The predicted octanol–water partition coefficient (Wildman–Crippen LogP) is 4.01. The van der Waals surface area contributed by atoms with Gasteiger partial charge in [-0.2, -0.15) is 0 Å². The first-order chi connectivity index (χ1) is 9.18. The fourth-order valence-corrected chi connectivity index (χ4v) is 3.41. The number of hydrogen-bond acceptors (Lipinski definition) is 3. The fourth-order valence-electron chi connectivity index (χ4n) is 3.08. The van der Waals surface area contributed by atoms with Crippen LogP contribution in [-0.2, 0) is 0 Å². The molecule has 1 fully saturated rings. The van der Waals surface area contributed by atoms with Crippen LogP contribution in [0.5, 0.6) is 11.5 Å². The Morgan fingerprint density at radius 3 is 2.84 bits per heavy atom. The molecule has 0 amide bonds. The zero-order chi connectivity index (χ0) is 13.4. The highest BCUT2D eigenvalue weighted by Gasteiger charge is 2.29. The molecule has 0 spiro atoms. The van der Waals surface area contributed by atoms with E-state index in [1.165, 1.54) is 24.0 Å². The minimum absolute atomic E-state index is 0.299. The van der Waals surface area contributed by atoms with Crippen molar-refractivity contribution in [2.24, 2.45) is 0 Å². The van der Waals surface area contributed by atoms with Crippen LogP contribution in [0.25, 0.3) is 0 Å². The van der Waals surface area contributed by atoms with Crippen LogP contribution in [-0.4, -0.2) is 13.3 Å². The lowest BCUT2D eigenvalue weighted by molar-refractivity contribution is 0.173. The predicted molar refractivity (Wildman–Crippen MR) is 76.3 cm³/mol. The molecule has 2 aliphatic rings. The number of nitrogens with one attached hydrogen (secondary N) is 1. The first-order valence-electron chi connectivity index (χ1n) is 7.03. The first kappa shape index (κ1) is 13.1. The lowest BCUT2D eigenvalue weighted by Crippen LogP contribution is -2.28. The van der Waals surface area contributed by atoms with Gasteiger partial charge in [0.1, 0.15) is 0 Å². The quantitative estimate of drug-likeness (QED) is 0.888. The monoisotopic (exact) mass is 281 g/mol. The van der Waals surface area contributed by atoms with Gasteiger partial charge in [0.15, 0.2) is 11.5 Å². The van der Waals surface area contributed by atoms with Crippen molar-refractivity contribution in [3.8, 4) is 11.5 Å². The molecule has 1 aromatic rings. The zero-order valence-corrected chi connectivity index (χ0v) is 12.2. The maximum Gasteiger partial charge on any atom is 0.231 e. The van der Waals surface area contributed by atoms with Gasteiger partial charge in [-0.15, -0.1) is 0 Å². The SMILES string of the molecule is CC(C)c1c2c(cc(Cl)c1C1CCCCN1)OCO2. The molecule has 2 aliphatic heterocycles. The molecule has 3 nitrogen and oxygen atoms in total. The molecule has 104 valence electrons. The number of hydrogen-bond donors (Lipinski definition) is 1. The van der Waals surface area contributed by atoms with Gasteiger partial charge in [-0.05, 0) is 30.9 Å². The van der Waals surface area contributed by atoms with Gasteiger partial charge in [-0.3, -0.25) is 0 Å². The zero-order valence-electron chi connectivity index (χ0n) is 11.5. The number of fused-ring (bicyclic) bond motifs is 1. The summed E-state index contributed by atoms with van der Waals surface area (Å²) in [6.45, 7) is 5.72. The van der Waals surface area contributed by atoms with Crippen molar-refractivity contribution in [1.82, 2.24) is 5.32 Å². The molecule has 3 rings (SSSR count). The van der Waals surface area contributed by atoms with Gasteiger partial charge in [0.05, 0.1) is 0 Å². The summed E-state index contributed by atoms with van der Waals surface area (Å²) in [5, 5.41) is 4.38. The van der Waals surface area contributed by atoms with Crippen molar-refractivity contribution in [3.63, 3.8) is 0 Å². The van der Waals surface area contributed by atoms with Crippen LogP contribution in [0.3, 0.4) is 0 Å². The largest absolute Gasteiger partial charge is 0.454 e. The Labute approximate surface area is 119 Å². The summed E-state index contributed by atoms with van der Waals surface area (Å²) in [6.07, 6.45) is 3.63. The second kappa shape index (κ2) is 5.22. The van der Waals surface area contributed by atoms with Crippen LogP contribution in [0.2, 0.25) is 5.02 Å². The van der Waals surface area contributed by atoms with E-state index in [-0.39, 0.29) is 0 Å². The second-order valence-corrected chi connectivity index (χ2v) is 5.98. The Bertz CT molecular complexity index is 482. The highest BCUT2D eigenvalue weighted by Crippen LogP contribution is 2.47. The van der Waals surface area contributed by atoms with E-state index in [2.05, 4.69) is 19.2 Å². The van der Waals surface area contributed by atoms with Crippen LogP contribution in [0, 0.1) is 0 Å². The highest BCUT2D eigenvalue weighted by atomic mass is 35.5. The molecule has 1 saturated heterocycles. The molecular weight excluding hydrogens is 262 g/mol. The molecule has 1 atom stereocenters. The molecule has 0 aliphatic carbocycles. The molecule has 19 heavy (non-hydrogen) atoms. The molecule has 2 heterocycles. The van der Waals surface area contributed by atoms with Gasteiger partial charge in [-0.25, -0.2) is 0 Å². The summed E-state index contributed by atoms with van der Waals surface area (Å²) in [4.78, 5) is 0. The number of halogens is 1. The van der Waals surface area contributed by atoms with Gasteiger partial charge in [0, 0.05) is 22.7 Å². The van der Waals surface area contributed by atoms with E-state index in [0.29, 0.717) is 18.8 Å². The van der Waals surface area contributed by atoms with Crippen LogP contribution in [0.4, 0.5) is 0 Å². The van der Waals surface area contributed by atoms with Gasteiger partial charge in [0.2, 0.25) is 6.79 Å². The van der Waals surface area contributed by atoms with Crippen molar-refractivity contribution in [1.29, 1.82) is 0 Å². The lowest BCUT2D eigenvalue weighted by atomic mass is 9.88. The van der Waals surface area contributed by atoms with Gasteiger partial charge < -0.3 is 14.8 Å². The van der Waals surface area contributed by atoms with E-state index in [1.807, 2.05) is 6.07 Å². The third-order valence-electron chi connectivity index (χ3n) is 3.93. The second-order valence-electron chi connectivity index (χ2n) is 5.58. The normalized spacial score (nSPS) is 22.0. The van der Waals surface area contributed by atoms with Crippen molar-refractivity contribution < 1.29 is 9.47 Å². The summed E-state index contributed by atoms with van der Waals surface area (Å²) < 4.78 is 11.2. The van der Waals surface area contributed by atoms with Crippen molar-refractivity contribution in [3.05, 3.63) is 22.2 Å². The Morgan fingerprint density at radius 1 is 1.32 bits per heavy atom. The highest BCUT2D eigenvalue weighted by molar-refractivity contribution is 6.31. The smallest absolute Gasteiger partial charge is 0.231 e. The van der Waals surface area contributed by atoms with Crippen LogP contribution in [0.1, 0.15) is 56.2 Å². The summed E-state index contributed by atoms with van der Waals surface area (Å²) in [7, 11) is 0. The first-order valence-corrected chi connectivity index (χ1v) is 7.41. The molecule has 0 saturated carbocycles.